The van der Waals surface area contributed by atoms with Gasteiger partial charge in [-0.1, -0.05) is 22.0 Å². The van der Waals surface area contributed by atoms with E-state index in [0.29, 0.717) is 6.42 Å². The van der Waals surface area contributed by atoms with Crippen molar-refractivity contribution in [2.75, 3.05) is 0 Å². The third kappa shape index (κ3) is 2.33. The first-order valence-corrected chi connectivity index (χ1v) is 4.31. The van der Waals surface area contributed by atoms with Gasteiger partial charge < -0.3 is 5.11 Å². The summed E-state index contributed by atoms with van der Waals surface area (Å²) in [5.41, 5.74) is 1.76. The van der Waals surface area contributed by atoms with E-state index in [9.17, 15) is 0 Å². The lowest BCUT2D eigenvalue weighted by molar-refractivity contribution is 0.281. The molecule has 0 atom stereocenters. The summed E-state index contributed by atoms with van der Waals surface area (Å²) >= 11 is 3.30. The van der Waals surface area contributed by atoms with Crippen molar-refractivity contribution in [3.05, 3.63) is 33.8 Å². The number of halogens is 1. The van der Waals surface area contributed by atoms with Crippen molar-refractivity contribution in [3.8, 4) is 6.07 Å². The average molecular weight is 226 g/mol. The lowest BCUT2D eigenvalue weighted by Crippen LogP contribution is -1.87. The maximum absolute atomic E-state index is 8.85. The van der Waals surface area contributed by atoms with Crippen molar-refractivity contribution < 1.29 is 5.11 Å². The van der Waals surface area contributed by atoms with Gasteiger partial charge in [0.1, 0.15) is 0 Å². The van der Waals surface area contributed by atoms with E-state index in [1.54, 1.807) is 0 Å². The van der Waals surface area contributed by atoms with Gasteiger partial charge in [0, 0.05) is 4.47 Å². The lowest BCUT2D eigenvalue weighted by Gasteiger charge is -2.00. The number of hydrogen-bond acceptors (Lipinski definition) is 2. The van der Waals surface area contributed by atoms with Gasteiger partial charge >= 0.3 is 0 Å². The minimum absolute atomic E-state index is 0.0118. The first-order valence-electron chi connectivity index (χ1n) is 3.52. The van der Waals surface area contributed by atoms with Gasteiger partial charge in [-0.25, -0.2) is 0 Å². The molecule has 0 aromatic heterocycles. The van der Waals surface area contributed by atoms with Crippen LogP contribution in [0.4, 0.5) is 0 Å². The summed E-state index contributed by atoms with van der Waals surface area (Å²) in [4.78, 5) is 0. The molecule has 0 radical (unpaired) electrons. The molecule has 0 aliphatic carbocycles. The standard InChI is InChI=1S/C9H8BrNO/c10-9-4-7(1-2-11)3-8(5-9)6-12/h3-5,12H,1,6H2. The van der Waals surface area contributed by atoms with Gasteiger partial charge in [-0.3, -0.25) is 0 Å². The predicted octanol–water partition coefficient (Wildman–Crippen LogP) is 2.01. The van der Waals surface area contributed by atoms with Gasteiger partial charge in [0.2, 0.25) is 0 Å². The zero-order chi connectivity index (χ0) is 8.97. The summed E-state index contributed by atoms with van der Waals surface area (Å²) in [5.74, 6) is 0. The monoisotopic (exact) mass is 225 g/mol. The zero-order valence-corrected chi connectivity index (χ0v) is 8.00. The quantitative estimate of drug-likeness (QED) is 0.838. The minimum atomic E-state index is 0.0118. The Morgan fingerprint density at radius 2 is 2.00 bits per heavy atom. The second kappa shape index (κ2) is 4.24. The van der Waals surface area contributed by atoms with Crippen LogP contribution in [0.3, 0.4) is 0 Å². The summed E-state index contributed by atoms with van der Waals surface area (Å²) in [6.45, 7) is 0.0118. The van der Waals surface area contributed by atoms with E-state index in [2.05, 4.69) is 22.0 Å². The molecule has 2 nitrogen and oxygen atoms in total. The van der Waals surface area contributed by atoms with E-state index < -0.39 is 0 Å². The fourth-order valence-electron chi connectivity index (χ4n) is 1.00. The maximum atomic E-state index is 8.85. The molecule has 3 heteroatoms. The van der Waals surface area contributed by atoms with Crippen LogP contribution in [0.15, 0.2) is 22.7 Å². The number of benzene rings is 1. The lowest BCUT2D eigenvalue weighted by atomic mass is 10.1. The molecule has 1 aromatic carbocycles. The number of rotatable bonds is 2. The van der Waals surface area contributed by atoms with E-state index in [0.717, 1.165) is 15.6 Å². The van der Waals surface area contributed by atoms with Gasteiger partial charge in [0.25, 0.3) is 0 Å². The van der Waals surface area contributed by atoms with Crippen molar-refractivity contribution >= 4 is 15.9 Å². The Labute approximate surface area is 79.6 Å². The highest BCUT2D eigenvalue weighted by atomic mass is 79.9. The first kappa shape index (κ1) is 9.24. The molecule has 0 bridgehead atoms. The van der Waals surface area contributed by atoms with Gasteiger partial charge in [-0.05, 0) is 23.3 Å². The summed E-state index contributed by atoms with van der Waals surface area (Å²) in [6.07, 6.45) is 0.381. The van der Waals surface area contributed by atoms with Crippen LogP contribution < -0.4 is 0 Å². The SMILES string of the molecule is N#CCc1cc(Br)cc(CO)c1. The molecule has 0 fully saturated rings. The summed E-state index contributed by atoms with van der Waals surface area (Å²) < 4.78 is 0.902. The van der Waals surface area contributed by atoms with E-state index in [1.165, 1.54) is 0 Å². The van der Waals surface area contributed by atoms with Crippen LogP contribution in [0.1, 0.15) is 11.1 Å². The summed E-state index contributed by atoms with van der Waals surface area (Å²) in [6, 6.07) is 7.60. The van der Waals surface area contributed by atoms with Crippen molar-refractivity contribution in [2.24, 2.45) is 0 Å². The highest BCUT2D eigenvalue weighted by Gasteiger charge is 1.97. The average Bonchev–Trinajstić information content (AvgIpc) is 2.04. The Morgan fingerprint density at radius 3 is 2.58 bits per heavy atom. The Hall–Kier alpha value is -0.850. The fraction of sp³-hybridized carbons (Fsp3) is 0.222. The third-order valence-corrected chi connectivity index (χ3v) is 1.94. The molecule has 0 saturated carbocycles. The normalized spacial score (nSPS) is 9.42. The van der Waals surface area contributed by atoms with Crippen LogP contribution >= 0.6 is 15.9 Å². The van der Waals surface area contributed by atoms with Gasteiger partial charge in [0.05, 0.1) is 19.1 Å². The van der Waals surface area contributed by atoms with Crippen molar-refractivity contribution in [1.29, 1.82) is 5.26 Å². The molecule has 0 spiro atoms. The molecule has 0 aliphatic heterocycles. The van der Waals surface area contributed by atoms with E-state index in [4.69, 9.17) is 10.4 Å². The highest BCUT2D eigenvalue weighted by molar-refractivity contribution is 9.10. The molecule has 0 amide bonds. The molecule has 0 unspecified atom stereocenters. The smallest absolute Gasteiger partial charge is 0.0682 e. The zero-order valence-electron chi connectivity index (χ0n) is 6.42. The molecule has 1 N–H and O–H groups in total. The Kier molecular flexibility index (Phi) is 3.27. The molecular formula is C9H8BrNO. The highest BCUT2D eigenvalue weighted by Crippen LogP contribution is 2.16. The number of nitriles is 1. The second-order valence-electron chi connectivity index (χ2n) is 2.46. The number of nitrogens with zero attached hydrogens (tertiary/aromatic N) is 1. The van der Waals surface area contributed by atoms with Crippen LogP contribution in [0.25, 0.3) is 0 Å². The summed E-state index contributed by atoms with van der Waals surface area (Å²) in [5, 5.41) is 17.3. The maximum Gasteiger partial charge on any atom is 0.0682 e. The number of aliphatic hydroxyl groups is 1. The van der Waals surface area contributed by atoms with Crippen molar-refractivity contribution in [2.45, 2.75) is 13.0 Å². The van der Waals surface area contributed by atoms with Crippen LogP contribution in [0.5, 0.6) is 0 Å². The van der Waals surface area contributed by atoms with Gasteiger partial charge in [-0.2, -0.15) is 5.26 Å². The van der Waals surface area contributed by atoms with Crippen LogP contribution in [-0.4, -0.2) is 5.11 Å². The van der Waals surface area contributed by atoms with Crippen LogP contribution in [0.2, 0.25) is 0 Å². The largest absolute Gasteiger partial charge is 0.392 e. The fourth-order valence-corrected chi connectivity index (χ4v) is 1.59. The molecule has 62 valence electrons. The molecule has 0 saturated heterocycles. The Bertz CT molecular complexity index is 317. The molecular weight excluding hydrogens is 218 g/mol. The Morgan fingerprint density at radius 1 is 1.33 bits per heavy atom. The van der Waals surface area contributed by atoms with Crippen LogP contribution in [-0.2, 0) is 13.0 Å². The topological polar surface area (TPSA) is 44.0 Å². The van der Waals surface area contributed by atoms with Crippen molar-refractivity contribution in [3.63, 3.8) is 0 Å². The Balaban J connectivity index is 2.99. The molecule has 1 rings (SSSR count). The second-order valence-corrected chi connectivity index (χ2v) is 3.38. The van der Waals surface area contributed by atoms with Crippen LogP contribution in [0, 0.1) is 11.3 Å². The van der Waals surface area contributed by atoms with Crippen molar-refractivity contribution in [1.82, 2.24) is 0 Å². The minimum Gasteiger partial charge on any atom is -0.392 e. The third-order valence-electron chi connectivity index (χ3n) is 1.48. The van der Waals surface area contributed by atoms with E-state index in [-0.39, 0.29) is 6.61 Å². The van der Waals surface area contributed by atoms with E-state index >= 15 is 0 Å². The number of aliphatic hydroxyl groups excluding tert-OH is 1. The first-order chi connectivity index (χ1) is 5.76. The summed E-state index contributed by atoms with van der Waals surface area (Å²) in [7, 11) is 0. The predicted molar refractivity (Wildman–Crippen MR) is 49.4 cm³/mol. The van der Waals surface area contributed by atoms with E-state index in [1.807, 2.05) is 18.2 Å². The van der Waals surface area contributed by atoms with Gasteiger partial charge in [-0.15, -0.1) is 0 Å². The molecule has 0 heterocycles. The molecule has 12 heavy (non-hydrogen) atoms. The van der Waals surface area contributed by atoms with Gasteiger partial charge in [0.15, 0.2) is 0 Å². The molecule has 1 aromatic rings. The number of hydrogen-bond donors (Lipinski definition) is 1. The molecule has 0 aliphatic rings.